The van der Waals surface area contributed by atoms with Gasteiger partial charge in [-0.1, -0.05) is 70.5 Å². The van der Waals surface area contributed by atoms with Gasteiger partial charge in [-0.2, -0.15) is 0 Å². The number of cyclic esters (lactones) is 1. The summed E-state index contributed by atoms with van der Waals surface area (Å²) in [5.41, 5.74) is 1.35. The van der Waals surface area contributed by atoms with E-state index in [2.05, 4.69) is 26.6 Å². The Kier molecular flexibility index (Phi) is 21.3. The van der Waals surface area contributed by atoms with Crippen LogP contribution in [0.5, 0.6) is 17.2 Å². The fraction of sp³-hybridized carbons (Fsp3) is 0.500. The van der Waals surface area contributed by atoms with Gasteiger partial charge < -0.3 is 71.4 Å². The van der Waals surface area contributed by atoms with E-state index in [-0.39, 0.29) is 43.6 Å². The average molecular weight is 1070 g/mol. The Morgan fingerprint density at radius 1 is 0.753 bits per heavy atom. The second-order valence-corrected chi connectivity index (χ2v) is 19.9. The van der Waals surface area contributed by atoms with Crippen molar-refractivity contribution in [2.24, 2.45) is 11.8 Å². The summed E-state index contributed by atoms with van der Waals surface area (Å²) in [6.45, 7) is 7.66. The number of amides is 7. The maximum atomic E-state index is 15.2. The highest BCUT2D eigenvalue weighted by atomic mass is 16.5. The number of phenols is 2. The molecule has 2 heterocycles. The summed E-state index contributed by atoms with van der Waals surface area (Å²) in [7, 11) is 2.78. The number of aliphatic hydroxyl groups is 2. The van der Waals surface area contributed by atoms with Crippen LogP contribution in [0.1, 0.15) is 83.4 Å². The molecule has 2 aliphatic heterocycles. The predicted octanol–water partition coefficient (Wildman–Crippen LogP) is 0.568. The molecule has 2 aliphatic rings. The summed E-state index contributed by atoms with van der Waals surface area (Å²) in [6, 6.07) is 6.76. The van der Waals surface area contributed by atoms with E-state index in [1.54, 1.807) is 52.0 Å². The number of rotatable bonds is 17. The van der Waals surface area contributed by atoms with Crippen molar-refractivity contribution in [2.45, 2.75) is 147 Å². The quantitative estimate of drug-likeness (QED) is 0.0826. The van der Waals surface area contributed by atoms with E-state index in [0.717, 1.165) is 9.80 Å². The molecule has 10 N–H and O–H groups in total. The van der Waals surface area contributed by atoms with Crippen LogP contribution in [0.15, 0.2) is 72.8 Å². The van der Waals surface area contributed by atoms with E-state index >= 15 is 4.79 Å². The number of nitrogens with one attached hydrogen (secondary N) is 5. The molecule has 23 nitrogen and oxygen atoms in total. The van der Waals surface area contributed by atoms with Crippen LogP contribution in [-0.4, -0.2) is 164 Å². The zero-order chi connectivity index (χ0) is 56.8. The second-order valence-electron chi connectivity index (χ2n) is 19.9. The van der Waals surface area contributed by atoms with Gasteiger partial charge in [0.25, 0.3) is 0 Å². The number of hydrogen-bond acceptors (Lipinski definition) is 15. The first-order chi connectivity index (χ1) is 36.4. The zero-order valence-corrected chi connectivity index (χ0v) is 44.1. The fourth-order valence-corrected chi connectivity index (χ4v) is 8.95. The number of aliphatic carboxylic acids is 1. The highest BCUT2D eigenvalue weighted by molar-refractivity contribution is 5.98. The largest absolute Gasteiger partial charge is 0.508 e. The van der Waals surface area contributed by atoms with Gasteiger partial charge in [-0.05, 0) is 91.1 Å². The molecule has 2 saturated heterocycles. The monoisotopic (exact) mass is 1070 g/mol. The van der Waals surface area contributed by atoms with E-state index < -0.39 is 139 Å². The number of carboxylic acid groups (broad SMARTS) is 1. The number of piperidine rings is 1. The van der Waals surface area contributed by atoms with Gasteiger partial charge in [0.2, 0.25) is 41.4 Å². The molecule has 0 aromatic heterocycles. The Labute approximate surface area is 446 Å². The van der Waals surface area contributed by atoms with Gasteiger partial charge in [-0.3, -0.25) is 38.4 Å². The van der Waals surface area contributed by atoms with Crippen molar-refractivity contribution in [3.8, 4) is 17.2 Å². The molecule has 0 spiro atoms. The highest BCUT2D eigenvalue weighted by Crippen LogP contribution is 2.27. The summed E-state index contributed by atoms with van der Waals surface area (Å²) < 4.78 is 11.2. The molecule has 2 fully saturated rings. The molecule has 0 aliphatic carbocycles. The summed E-state index contributed by atoms with van der Waals surface area (Å²) >= 11 is 0. The third-order valence-corrected chi connectivity index (χ3v) is 13.9. The van der Waals surface area contributed by atoms with E-state index in [0.29, 0.717) is 28.9 Å². The number of likely N-dealkylation sites (N-methyl/N-ethyl adjacent to an activating group) is 1. The molecule has 77 heavy (non-hydrogen) atoms. The fourth-order valence-electron chi connectivity index (χ4n) is 8.95. The van der Waals surface area contributed by atoms with Crippen LogP contribution >= 0.6 is 0 Å². The molecular formula is C54H71N7O16. The van der Waals surface area contributed by atoms with Crippen molar-refractivity contribution >= 4 is 53.3 Å². The smallest absolute Gasteiger partial charge is 0.329 e. The van der Waals surface area contributed by atoms with Crippen molar-refractivity contribution in [3.63, 3.8) is 0 Å². The van der Waals surface area contributed by atoms with Crippen molar-refractivity contribution in [3.05, 3.63) is 89.5 Å². The highest BCUT2D eigenvalue weighted by Gasteiger charge is 2.46. The molecule has 3 aromatic rings. The molecular weight excluding hydrogens is 1000 g/mol. The first-order valence-corrected chi connectivity index (χ1v) is 25.5. The summed E-state index contributed by atoms with van der Waals surface area (Å²) in [5.74, 6) is -10.4. The third-order valence-electron chi connectivity index (χ3n) is 13.9. The summed E-state index contributed by atoms with van der Waals surface area (Å²) in [4.78, 5) is 130. The van der Waals surface area contributed by atoms with E-state index in [9.17, 15) is 63.9 Å². The average Bonchev–Trinajstić information content (AvgIpc) is 3.39. The summed E-state index contributed by atoms with van der Waals surface area (Å²) in [6.07, 6.45) is -6.74. The molecule has 2 bridgehead atoms. The topological polar surface area (TPSA) is 340 Å². The van der Waals surface area contributed by atoms with Crippen LogP contribution < -0.4 is 31.3 Å². The predicted molar refractivity (Wildman–Crippen MR) is 275 cm³/mol. The molecule has 0 saturated carbocycles. The lowest BCUT2D eigenvalue weighted by Crippen LogP contribution is -2.65. The van der Waals surface area contributed by atoms with Crippen molar-refractivity contribution in [2.75, 3.05) is 14.2 Å². The Hall–Kier alpha value is -7.79. The maximum Gasteiger partial charge on any atom is 0.329 e. The SMILES string of the molecule is CC[C@H](C)[C@H](O)C(=O)N[C@@H](CCC(=O)O)C(=O)N[C@H]1C(=O)N[C@@H](Cc2ccc(O)cc2)C(=O)N[C@H]2CC[C@@H](O)N(C2=O)[C@@H](Cc2ccc(OC)cc2)C(=O)N(C)[C@@H](Cc2ccc(O)cc2)C(=O)N[C@H](C(C)C)C(=O)O[C@@H]1C. The van der Waals surface area contributed by atoms with Gasteiger partial charge in [0.05, 0.1) is 7.11 Å². The molecule has 0 radical (unpaired) electrons. The minimum absolute atomic E-state index is 0.0885. The van der Waals surface area contributed by atoms with Crippen LogP contribution in [0.25, 0.3) is 0 Å². The number of carbonyl (C=O) groups is 9. The van der Waals surface area contributed by atoms with Gasteiger partial charge in [0.15, 0.2) is 0 Å². The number of benzene rings is 3. The van der Waals surface area contributed by atoms with E-state index in [4.69, 9.17) is 9.47 Å². The first kappa shape index (κ1) is 60.1. The minimum Gasteiger partial charge on any atom is -0.508 e. The van der Waals surface area contributed by atoms with Gasteiger partial charge in [0.1, 0.15) is 78.0 Å². The van der Waals surface area contributed by atoms with Crippen LogP contribution in [0.3, 0.4) is 0 Å². The van der Waals surface area contributed by atoms with E-state index in [1.807, 2.05) is 0 Å². The Bertz CT molecular complexity index is 2580. The van der Waals surface area contributed by atoms with Crippen LogP contribution in [0, 0.1) is 11.8 Å². The standard InChI is InChI=1S/C54H71N7O16/c1-8-29(4)46(67)51(72)55-37(22-24-43(65)66)47(68)59-45-30(5)77-54(75)44(28(2)3)58-49(70)40(26-32-11-17-35(63)18-12-32)60(6)53(74)41(27-33-13-19-36(76-7)20-14-33)61-42(64)23-21-38(52(61)73)56-48(69)39(57-50(45)71)25-31-9-15-34(62)16-10-31/h9-20,28-30,37-42,44-46,62-64,67H,8,21-27H2,1-7H3,(H,55,72)(H,56,69)(H,57,71)(H,58,70)(H,59,68)(H,65,66)/t29-,30+,37-,38-,39-,40-,41-,42+,44+,45+,46-/m0/s1. The maximum absolute atomic E-state index is 15.2. The number of hydrogen-bond donors (Lipinski definition) is 10. The first-order valence-electron chi connectivity index (χ1n) is 25.5. The number of carboxylic acids is 1. The molecule has 23 heteroatoms. The van der Waals surface area contributed by atoms with E-state index in [1.165, 1.54) is 69.6 Å². The van der Waals surface area contributed by atoms with Crippen molar-refractivity contribution in [1.82, 2.24) is 36.4 Å². The van der Waals surface area contributed by atoms with Crippen LogP contribution in [-0.2, 0) is 67.2 Å². The van der Waals surface area contributed by atoms with Gasteiger partial charge in [0, 0.05) is 32.7 Å². The van der Waals surface area contributed by atoms with Crippen LogP contribution in [0.4, 0.5) is 0 Å². The summed E-state index contributed by atoms with van der Waals surface area (Å²) in [5, 5.41) is 64.8. The van der Waals surface area contributed by atoms with Gasteiger partial charge in [-0.15, -0.1) is 0 Å². The number of ether oxygens (including phenoxy) is 2. The molecule has 0 unspecified atom stereocenters. The number of aliphatic hydroxyl groups excluding tert-OH is 2. The Balaban J connectivity index is 1.66. The number of esters is 1. The third kappa shape index (κ3) is 16.1. The molecule has 3 aromatic carbocycles. The van der Waals surface area contributed by atoms with Crippen molar-refractivity contribution < 1.29 is 78.2 Å². The van der Waals surface area contributed by atoms with Gasteiger partial charge >= 0.3 is 11.9 Å². The minimum atomic E-state index is -1.94. The van der Waals surface area contributed by atoms with Gasteiger partial charge in [-0.25, -0.2) is 4.79 Å². The molecule has 7 amide bonds. The lowest BCUT2D eigenvalue weighted by molar-refractivity contribution is -0.165. The Morgan fingerprint density at radius 3 is 1.86 bits per heavy atom. The Morgan fingerprint density at radius 2 is 1.31 bits per heavy atom. The number of nitrogens with zero attached hydrogens (tertiary/aromatic N) is 2. The lowest BCUT2D eigenvalue weighted by atomic mass is 9.95. The zero-order valence-electron chi connectivity index (χ0n) is 44.1. The normalized spacial score (nSPS) is 24.1. The number of phenolic OH excluding ortho intramolecular Hbond substituents is 2. The number of aromatic hydroxyl groups is 2. The lowest BCUT2D eigenvalue weighted by Gasteiger charge is -2.43. The molecule has 5 rings (SSSR count). The second kappa shape index (κ2) is 27.3. The molecule has 11 atom stereocenters. The number of carbonyl (C=O) groups excluding carboxylic acids is 8. The number of fused-ring (bicyclic) bond motifs is 2. The molecule has 418 valence electrons. The van der Waals surface area contributed by atoms with Crippen LogP contribution in [0.2, 0.25) is 0 Å². The number of methoxy groups -OCH3 is 1. The van der Waals surface area contributed by atoms with Crippen molar-refractivity contribution in [1.29, 1.82) is 0 Å².